The van der Waals surface area contributed by atoms with Crippen molar-refractivity contribution in [1.29, 1.82) is 0 Å². The topological polar surface area (TPSA) is 90.8 Å². The largest absolute Gasteiger partial charge is 0.454 e. The molecule has 154 valence electrons. The fourth-order valence-electron chi connectivity index (χ4n) is 2.93. The standard InChI is InChI=1S/C20H18BrClN6O2/c1-12-18(21)13(2)28(25-12)10-16-7-8-17(30-16)19(29)24-20-23-11-27(26-20)9-14-3-5-15(22)6-4-14/h3-8,11H,9-10H2,1-2H3,(H,24,26,29). The zero-order valence-electron chi connectivity index (χ0n) is 16.3. The minimum absolute atomic E-state index is 0.180. The van der Waals surface area contributed by atoms with Crippen molar-refractivity contribution >= 4 is 39.4 Å². The zero-order valence-corrected chi connectivity index (χ0v) is 18.6. The Balaban J connectivity index is 1.39. The number of anilines is 1. The van der Waals surface area contributed by atoms with Gasteiger partial charge in [0.25, 0.3) is 5.91 Å². The molecule has 0 radical (unpaired) electrons. The van der Waals surface area contributed by atoms with Gasteiger partial charge in [0.1, 0.15) is 12.1 Å². The third-order valence-corrected chi connectivity index (χ3v) is 5.90. The first-order chi connectivity index (χ1) is 14.4. The molecule has 3 aromatic heterocycles. The summed E-state index contributed by atoms with van der Waals surface area (Å²) in [5.74, 6) is 0.591. The SMILES string of the molecule is Cc1nn(Cc2ccc(C(=O)Nc3ncn(Cc4ccc(Cl)cc4)n3)o2)c(C)c1Br. The Morgan fingerprint density at radius 2 is 1.90 bits per heavy atom. The second-order valence-electron chi connectivity index (χ2n) is 6.75. The third kappa shape index (κ3) is 4.47. The van der Waals surface area contributed by atoms with E-state index in [1.165, 1.54) is 0 Å². The van der Waals surface area contributed by atoms with Crippen LogP contribution in [0.4, 0.5) is 5.95 Å². The Labute approximate surface area is 186 Å². The molecule has 0 bridgehead atoms. The first-order valence-corrected chi connectivity index (χ1v) is 10.3. The molecule has 0 saturated heterocycles. The number of aryl methyl sites for hydroxylation is 1. The van der Waals surface area contributed by atoms with Gasteiger partial charge in [-0.25, -0.2) is 9.67 Å². The van der Waals surface area contributed by atoms with Crippen LogP contribution in [0.15, 0.2) is 51.6 Å². The highest BCUT2D eigenvalue weighted by atomic mass is 79.9. The van der Waals surface area contributed by atoms with Crippen LogP contribution in [0, 0.1) is 13.8 Å². The Kier molecular flexibility index (Phi) is 5.74. The average molecular weight is 490 g/mol. The molecule has 30 heavy (non-hydrogen) atoms. The summed E-state index contributed by atoms with van der Waals surface area (Å²) in [7, 11) is 0. The molecule has 0 aliphatic heterocycles. The van der Waals surface area contributed by atoms with E-state index in [9.17, 15) is 4.79 Å². The normalized spacial score (nSPS) is 11.1. The number of rotatable bonds is 6. The summed E-state index contributed by atoms with van der Waals surface area (Å²) in [6.07, 6.45) is 1.55. The van der Waals surface area contributed by atoms with Gasteiger partial charge in [0.05, 0.1) is 29.0 Å². The van der Waals surface area contributed by atoms with Crippen molar-refractivity contribution in [2.75, 3.05) is 5.32 Å². The maximum Gasteiger partial charge on any atom is 0.293 e. The highest BCUT2D eigenvalue weighted by Gasteiger charge is 2.16. The first kappa shape index (κ1) is 20.4. The number of hydrogen-bond acceptors (Lipinski definition) is 5. The third-order valence-electron chi connectivity index (χ3n) is 4.50. The zero-order chi connectivity index (χ0) is 21.3. The van der Waals surface area contributed by atoms with Crippen molar-refractivity contribution in [2.24, 2.45) is 0 Å². The van der Waals surface area contributed by atoms with Gasteiger partial charge in [0, 0.05) is 5.02 Å². The molecule has 4 rings (SSSR count). The number of nitrogens with one attached hydrogen (secondary N) is 1. The molecular weight excluding hydrogens is 472 g/mol. The van der Waals surface area contributed by atoms with Gasteiger partial charge >= 0.3 is 0 Å². The summed E-state index contributed by atoms with van der Waals surface area (Å²) in [4.78, 5) is 16.6. The maximum atomic E-state index is 12.5. The number of amides is 1. The summed E-state index contributed by atoms with van der Waals surface area (Å²) in [6.45, 7) is 4.84. The second kappa shape index (κ2) is 8.45. The van der Waals surface area contributed by atoms with Crippen LogP contribution in [-0.4, -0.2) is 30.5 Å². The minimum atomic E-state index is -0.417. The van der Waals surface area contributed by atoms with E-state index >= 15 is 0 Å². The summed E-state index contributed by atoms with van der Waals surface area (Å²) >= 11 is 9.40. The van der Waals surface area contributed by atoms with E-state index in [2.05, 4.69) is 36.4 Å². The van der Waals surface area contributed by atoms with Gasteiger partial charge in [0.2, 0.25) is 5.95 Å². The Bertz CT molecular complexity index is 1190. The lowest BCUT2D eigenvalue weighted by Gasteiger charge is -2.02. The van der Waals surface area contributed by atoms with Crippen LogP contribution < -0.4 is 5.32 Å². The summed E-state index contributed by atoms with van der Waals surface area (Å²) in [5.41, 5.74) is 2.91. The molecule has 3 heterocycles. The van der Waals surface area contributed by atoms with Crippen LogP contribution >= 0.6 is 27.5 Å². The molecule has 1 aromatic carbocycles. The van der Waals surface area contributed by atoms with Gasteiger partial charge in [-0.2, -0.15) is 5.10 Å². The predicted molar refractivity (Wildman–Crippen MR) is 116 cm³/mol. The van der Waals surface area contributed by atoms with E-state index in [0.717, 1.165) is 21.4 Å². The molecule has 0 fully saturated rings. The highest BCUT2D eigenvalue weighted by molar-refractivity contribution is 9.10. The monoisotopic (exact) mass is 488 g/mol. The van der Waals surface area contributed by atoms with Crippen molar-refractivity contribution < 1.29 is 9.21 Å². The van der Waals surface area contributed by atoms with Crippen molar-refractivity contribution in [3.8, 4) is 0 Å². The molecule has 0 unspecified atom stereocenters. The smallest absolute Gasteiger partial charge is 0.293 e. The number of aromatic nitrogens is 5. The van der Waals surface area contributed by atoms with Gasteiger partial charge < -0.3 is 4.42 Å². The molecule has 1 N–H and O–H groups in total. The Morgan fingerprint density at radius 1 is 1.13 bits per heavy atom. The number of benzene rings is 1. The van der Waals surface area contributed by atoms with Gasteiger partial charge in [-0.05, 0) is 59.6 Å². The number of halogens is 2. The fourth-order valence-corrected chi connectivity index (χ4v) is 3.34. The Hall–Kier alpha value is -2.91. The van der Waals surface area contributed by atoms with Crippen LogP contribution in [0.2, 0.25) is 5.02 Å². The highest BCUT2D eigenvalue weighted by Crippen LogP contribution is 2.21. The summed E-state index contributed by atoms with van der Waals surface area (Å²) in [6, 6.07) is 10.8. The molecule has 0 aliphatic carbocycles. The van der Waals surface area contributed by atoms with Gasteiger partial charge in [0.15, 0.2) is 5.76 Å². The van der Waals surface area contributed by atoms with Crippen LogP contribution in [0.3, 0.4) is 0 Å². The number of nitrogens with zero attached hydrogens (tertiary/aromatic N) is 5. The van der Waals surface area contributed by atoms with Crippen molar-refractivity contribution in [1.82, 2.24) is 24.5 Å². The maximum absolute atomic E-state index is 12.5. The molecule has 0 aliphatic rings. The van der Waals surface area contributed by atoms with E-state index in [0.29, 0.717) is 23.9 Å². The van der Waals surface area contributed by atoms with E-state index < -0.39 is 5.91 Å². The van der Waals surface area contributed by atoms with Gasteiger partial charge in [-0.3, -0.25) is 14.8 Å². The van der Waals surface area contributed by atoms with Crippen LogP contribution in [0.5, 0.6) is 0 Å². The van der Waals surface area contributed by atoms with Crippen LogP contribution in [0.25, 0.3) is 0 Å². The van der Waals surface area contributed by atoms with E-state index in [1.54, 1.807) is 23.1 Å². The predicted octanol–water partition coefficient (Wildman–Crippen LogP) is 4.45. The molecule has 0 spiro atoms. The molecule has 1 amide bonds. The number of furan rings is 1. The minimum Gasteiger partial charge on any atom is -0.454 e. The van der Waals surface area contributed by atoms with Gasteiger partial charge in [-0.1, -0.05) is 23.7 Å². The van der Waals surface area contributed by atoms with Gasteiger partial charge in [-0.15, -0.1) is 5.10 Å². The molecule has 10 heteroatoms. The van der Waals surface area contributed by atoms with E-state index in [1.807, 2.05) is 42.8 Å². The molecule has 0 atom stereocenters. The fraction of sp³-hybridized carbons (Fsp3) is 0.200. The molecular formula is C20H18BrClN6O2. The lowest BCUT2D eigenvalue weighted by molar-refractivity contribution is 0.0993. The lowest BCUT2D eigenvalue weighted by atomic mass is 10.2. The van der Waals surface area contributed by atoms with Crippen molar-refractivity contribution in [3.63, 3.8) is 0 Å². The van der Waals surface area contributed by atoms with Crippen LogP contribution in [-0.2, 0) is 13.1 Å². The lowest BCUT2D eigenvalue weighted by Crippen LogP contribution is -2.12. The first-order valence-electron chi connectivity index (χ1n) is 9.12. The quantitative estimate of drug-likeness (QED) is 0.432. The van der Waals surface area contributed by atoms with E-state index in [-0.39, 0.29) is 11.7 Å². The molecule has 4 aromatic rings. The second-order valence-corrected chi connectivity index (χ2v) is 7.98. The number of carbonyl (C=O) groups is 1. The number of hydrogen-bond donors (Lipinski definition) is 1. The Morgan fingerprint density at radius 3 is 2.60 bits per heavy atom. The summed E-state index contributed by atoms with van der Waals surface area (Å²) < 4.78 is 10.1. The number of carbonyl (C=O) groups excluding carboxylic acids is 1. The average Bonchev–Trinajstić information content (AvgIpc) is 3.42. The summed E-state index contributed by atoms with van der Waals surface area (Å²) in [5, 5.41) is 12.0. The van der Waals surface area contributed by atoms with Crippen molar-refractivity contribution in [3.05, 3.63) is 80.7 Å². The molecule has 8 nitrogen and oxygen atoms in total. The van der Waals surface area contributed by atoms with Crippen LogP contribution in [0.1, 0.15) is 33.3 Å². The molecule has 0 saturated carbocycles. The van der Waals surface area contributed by atoms with Crippen molar-refractivity contribution in [2.45, 2.75) is 26.9 Å². The van der Waals surface area contributed by atoms with E-state index in [4.69, 9.17) is 16.0 Å².